The summed E-state index contributed by atoms with van der Waals surface area (Å²) in [6.45, 7) is 5.48. The van der Waals surface area contributed by atoms with Gasteiger partial charge in [-0.3, -0.25) is 14.2 Å². The molecule has 8 heteroatoms. The molecule has 1 aliphatic rings. The number of hydrogen-bond acceptors (Lipinski definition) is 5. The molecular weight excluding hydrogens is 450 g/mol. The Kier molecular flexibility index (Phi) is 7.36. The van der Waals surface area contributed by atoms with Gasteiger partial charge >= 0.3 is 0 Å². The number of nitrogens with one attached hydrogen (secondary N) is 2. The van der Waals surface area contributed by atoms with Crippen LogP contribution in [0.4, 0.5) is 0 Å². The van der Waals surface area contributed by atoms with Crippen LogP contribution in [0.2, 0.25) is 0 Å². The number of ether oxygens (including phenoxy) is 2. The number of fused-ring (bicyclic) bond motifs is 2. The predicted octanol–water partition coefficient (Wildman–Crippen LogP) is 4.53. The maximum absolute atomic E-state index is 12.7. The number of amides is 1. The Morgan fingerprint density at radius 1 is 1.18 bits per heavy atom. The minimum Gasteiger partial charge on any atom is -0.488 e. The standard InChI is InChI=1S/C26H31N3O4S/c1-26(2)17-18-9-8-12-21(23(18)33-26)32-16-14-27-22(30)13-4-3-7-15-29-24(31)19-10-5-6-11-20(19)28-25(29)34/h5-6,8-12H,3-4,7,13-17H2,1-2H3,(H,27,30)(H,28,34). The molecular formula is C26H31N3O4S. The molecule has 0 aliphatic carbocycles. The largest absolute Gasteiger partial charge is 0.488 e. The van der Waals surface area contributed by atoms with Crippen molar-refractivity contribution in [3.05, 3.63) is 63.2 Å². The van der Waals surface area contributed by atoms with E-state index in [0.29, 0.717) is 36.3 Å². The quantitative estimate of drug-likeness (QED) is 0.328. The second-order valence-corrected chi connectivity index (χ2v) is 9.61. The van der Waals surface area contributed by atoms with Crippen molar-refractivity contribution >= 4 is 29.0 Å². The van der Waals surface area contributed by atoms with Crippen LogP contribution in [-0.2, 0) is 17.8 Å². The van der Waals surface area contributed by atoms with Crippen molar-refractivity contribution in [2.75, 3.05) is 13.2 Å². The molecule has 0 bridgehead atoms. The first-order chi connectivity index (χ1) is 16.3. The Balaban J connectivity index is 1.15. The Labute approximate surface area is 204 Å². The third-order valence-corrected chi connectivity index (χ3v) is 6.23. The summed E-state index contributed by atoms with van der Waals surface area (Å²) in [6, 6.07) is 13.3. The minimum atomic E-state index is -0.219. The molecule has 7 nitrogen and oxygen atoms in total. The highest BCUT2D eigenvalue weighted by atomic mass is 32.1. The van der Waals surface area contributed by atoms with Crippen LogP contribution < -0.4 is 20.3 Å². The molecule has 2 heterocycles. The van der Waals surface area contributed by atoms with Crippen LogP contribution in [0.5, 0.6) is 11.5 Å². The van der Waals surface area contributed by atoms with Crippen LogP contribution in [0.15, 0.2) is 47.3 Å². The van der Waals surface area contributed by atoms with Gasteiger partial charge in [-0.1, -0.05) is 30.7 Å². The zero-order valence-electron chi connectivity index (χ0n) is 19.7. The Morgan fingerprint density at radius 3 is 2.85 bits per heavy atom. The zero-order valence-corrected chi connectivity index (χ0v) is 20.5. The second-order valence-electron chi connectivity index (χ2n) is 9.22. The number of aromatic nitrogens is 2. The van der Waals surface area contributed by atoms with Crippen molar-refractivity contribution in [3.63, 3.8) is 0 Å². The van der Waals surface area contributed by atoms with Gasteiger partial charge in [-0.05, 0) is 57.1 Å². The summed E-state index contributed by atoms with van der Waals surface area (Å²) in [5, 5.41) is 3.54. The molecule has 1 aromatic heterocycles. The molecule has 0 atom stereocenters. The van der Waals surface area contributed by atoms with Crippen molar-refractivity contribution in [1.82, 2.24) is 14.9 Å². The first-order valence-corrected chi connectivity index (χ1v) is 12.2. The van der Waals surface area contributed by atoms with E-state index in [9.17, 15) is 9.59 Å². The molecule has 0 radical (unpaired) electrons. The molecule has 2 aromatic carbocycles. The van der Waals surface area contributed by atoms with Gasteiger partial charge in [-0.2, -0.15) is 0 Å². The molecule has 0 saturated heterocycles. The second kappa shape index (κ2) is 10.4. The number of nitrogens with zero attached hydrogens (tertiary/aromatic N) is 1. The lowest BCUT2D eigenvalue weighted by molar-refractivity contribution is -0.121. The van der Waals surface area contributed by atoms with E-state index >= 15 is 0 Å². The van der Waals surface area contributed by atoms with E-state index in [2.05, 4.69) is 30.2 Å². The van der Waals surface area contributed by atoms with Crippen LogP contribution in [0.25, 0.3) is 10.9 Å². The van der Waals surface area contributed by atoms with E-state index in [1.54, 1.807) is 10.6 Å². The van der Waals surface area contributed by atoms with E-state index in [-0.39, 0.29) is 17.1 Å². The van der Waals surface area contributed by atoms with Crippen molar-refractivity contribution in [2.24, 2.45) is 0 Å². The minimum absolute atomic E-state index is 0.000521. The number of aromatic amines is 1. The molecule has 0 saturated carbocycles. The van der Waals surface area contributed by atoms with Crippen LogP contribution in [0, 0.1) is 4.77 Å². The van der Waals surface area contributed by atoms with Gasteiger partial charge in [0.1, 0.15) is 12.2 Å². The summed E-state index contributed by atoms with van der Waals surface area (Å²) in [5.74, 6) is 1.53. The summed E-state index contributed by atoms with van der Waals surface area (Å²) < 4.78 is 13.9. The summed E-state index contributed by atoms with van der Waals surface area (Å²) in [4.78, 5) is 27.9. The summed E-state index contributed by atoms with van der Waals surface area (Å²) in [5.41, 5.74) is 1.61. The monoisotopic (exact) mass is 481 g/mol. The van der Waals surface area contributed by atoms with Gasteiger partial charge in [-0.15, -0.1) is 0 Å². The number of hydrogen-bond donors (Lipinski definition) is 2. The van der Waals surface area contributed by atoms with E-state index in [1.807, 2.05) is 30.3 Å². The highest BCUT2D eigenvalue weighted by Gasteiger charge is 2.32. The van der Waals surface area contributed by atoms with Crippen LogP contribution in [0.3, 0.4) is 0 Å². The first kappa shape index (κ1) is 24.0. The molecule has 1 amide bonds. The maximum Gasteiger partial charge on any atom is 0.262 e. The number of carbonyl (C=O) groups excluding carboxylic acids is 1. The SMILES string of the molecule is CC1(C)Cc2cccc(OCCNC(=O)CCCCCn3c(=S)[nH]c4ccccc4c3=O)c2O1. The number of H-pyrrole nitrogens is 1. The van der Waals surface area contributed by atoms with Crippen LogP contribution >= 0.6 is 12.2 Å². The van der Waals surface area contributed by atoms with Crippen LogP contribution in [-0.4, -0.2) is 34.2 Å². The smallest absolute Gasteiger partial charge is 0.262 e. The summed E-state index contributed by atoms with van der Waals surface area (Å²) in [7, 11) is 0. The van der Waals surface area contributed by atoms with Crippen molar-refractivity contribution in [3.8, 4) is 11.5 Å². The van der Waals surface area contributed by atoms with Gasteiger partial charge in [0.15, 0.2) is 16.3 Å². The summed E-state index contributed by atoms with van der Waals surface area (Å²) >= 11 is 5.34. The molecule has 4 rings (SSSR count). The third kappa shape index (κ3) is 5.67. The van der Waals surface area contributed by atoms with Crippen LogP contribution in [0.1, 0.15) is 45.1 Å². The topological polar surface area (TPSA) is 85.4 Å². The molecule has 2 N–H and O–H groups in total. The fraction of sp³-hybridized carbons (Fsp3) is 0.423. The molecule has 34 heavy (non-hydrogen) atoms. The highest BCUT2D eigenvalue weighted by molar-refractivity contribution is 7.71. The number of para-hydroxylation sites is 2. The van der Waals surface area contributed by atoms with Crippen molar-refractivity contribution < 1.29 is 14.3 Å². The molecule has 0 unspecified atom stereocenters. The average molecular weight is 482 g/mol. The Hall–Kier alpha value is -3.13. The van der Waals surface area contributed by atoms with E-state index in [4.69, 9.17) is 21.7 Å². The van der Waals surface area contributed by atoms with Gasteiger partial charge in [0.05, 0.1) is 17.4 Å². The lowest BCUT2D eigenvalue weighted by Crippen LogP contribution is -2.28. The van der Waals surface area contributed by atoms with E-state index in [0.717, 1.165) is 48.3 Å². The number of rotatable bonds is 10. The number of unbranched alkanes of at least 4 members (excludes halogenated alkanes) is 2. The number of carbonyl (C=O) groups is 1. The van der Waals surface area contributed by atoms with Crippen molar-refractivity contribution in [2.45, 2.75) is 58.1 Å². The molecule has 3 aromatic rings. The fourth-order valence-electron chi connectivity index (χ4n) is 4.28. The third-order valence-electron chi connectivity index (χ3n) is 5.91. The van der Waals surface area contributed by atoms with Gasteiger partial charge in [0.2, 0.25) is 5.91 Å². The zero-order chi connectivity index (χ0) is 24.1. The Morgan fingerprint density at radius 2 is 2.00 bits per heavy atom. The van der Waals surface area contributed by atoms with E-state index in [1.165, 1.54) is 0 Å². The molecule has 180 valence electrons. The van der Waals surface area contributed by atoms with Gasteiger partial charge in [0.25, 0.3) is 5.56 Å². The van der Waals surface area contributed by atoms with Crippen molar-refractivity contribution in [1.29, 1.82) is 0 Å². The van der Waals surface area contributed by atoms with Gasteiger partial charge in [0, 0.05) is 24.9 Å². The molecule has 1 aliphatic heterocycles. The molecule has 0 spiro atoms. The fourth-order valence-corrected chi connectivity index (χ4v) is 4.56. The van der Waals surface area contributed by atoms with E-state index < -0.39 is 0 Å². The predicted molar refractivity (Wildman–Crippen MR) is 135 cm³/mol. The first-order valence-electron chi connectivity index (χ1n) is 11.8. The Bertz CT molecular complexity index is 1300. The number of benzene rings is 2. The normalized spacial score (nSPS) is 13.9. The lowest BCUT2D eigenvalue weighted by Gasteiger charge is -2.18. The van der Waals surface area contributed by atoms with Gasteiger partial charge in [-0.25, -0.2) is 0 Å². The lowest BCUT2D eigenvalue weighted by atomic mass is 10.0. The molecule has 0 fully saturated rings. The maximum atomic E-state index is 12.7. The van der Waals surface area contributed by atoms with Gasteiger partial charge < -0.3 is 19.8 Å². The summed E-state index contributed by atoms with van der Waals surface area (Å²) in [6.07, 6.45) is 3.67. The average Bonchev–Trinajstić information content (AvgIpc) is 3.13. The highest BCUT2D eigenvalue weighted by Crippen LogP contribution is 2.41.